The minimum absolute atomic E-state index is 0.0756. The molecule has 0 amide bonds. The Morgan fingerprint density at radius 3 is 2.50 bits per heavy atom. The largest absolute Gasteiger partial charge is 0.461 e. The number of carbonyl (C=O) groups is 1. The van der Waals surface area contributed by atoms with Crippen molar-refractivity contribution in [2.24, 2.45) is 13.0 Å². The van der Waals surface area contributed by atoms with Crippen molar-refractivity contribution in [1.82, 2.24) is 19.1 Å². The van der Waals surface area contributed by atoms with Gasteiger partial charge >= 0.3 is 11.7 Å². The average molecular weight is 441 g/mol. The summed E-state index contributed by atoms with van der Waals surface area (Å²) in [7, 11) is 1.41. The number of fused-ring (bicyclic) bond motifs is 1. The second kappa shape index (κ2) is 10.3. The van der Waals surface area contributed by atoms with E-state index in [4.69, 9.17) is 4.74 Å². The topological polar surface area (TPSA) is 116 Å². The van der Waals surface area contributed by atoms with Crippen molar-refractivity contribution >= 4 is 17.1 Å². The highest BCUT2D eigenvalue weighted by atomic mass is 16.5. The number of hydrogen-bond acceptors (Lipinski definition) is 7. The zero-order chi connectivity index (χ0) is 23.3. The molecule has 0 unspecified atom stereocenters. The molecule has 3 rings (SSSR count). The third kappa shape index (κ3) is 5.28. The Balaban J connectivity index is 1.78. The van der Waals surface area contributed by atoms with Crippen molar-refractivity contribution in [2.75, 3.05) is 0 Å². The first-order valence-corrected chi connectivity index (χ1v) is 10.6. The third-order valence-corrected chi connectivity index (χ3v) is 5.05. The number of carbonyl (C=O) groups excluding carboxylic acids is 1. The van der Waals surface area contributed by atoms with E-state index in [9.17, 15) is 19.5 Å². The van der Waals surface area contributed by atoms with Crippen LogP contribution in [0.5, 0.6) is 0 Å². The van der Waals surface area contributed by atoms with Gasteiger partial charge in [0.2, 0.25) is 0 Å². The van der Waals surface area contributed by atoms with E-state index >= 15 is 0 Å². The summed E-state index contributed by atoms with van der Waals surface area (Å²) in [5.41, 5.74) is 0.873. The molecule has 0 aliphatic rings. The first kappa shape index (κ1) is 23.3. The highest BCUT2D eigenvalue weighted by Crippen LogP contribution is 2.14. The molecule has 32 heavy (non-hydrogen) atoms. The van der Waals surface area contributed by atoms with Crippen LogP contribution in [-0.4, -0.2) is 30.2 Å². The molecule has 0 bridgehead atoms. The summed E-state index contributed by atoms with van der Waals surface area (Å²) in [6, 6.07) is 9.41. The molecule has 0 saturated heterocycles. The van der Waals surface area contributed by atoms with E-state index in [0.29, 0.717) is 30.8 Å². The van der Waals surface area contributed by atoms with Crippen LogP contribution in [0.25, 0.3) is 11.2 Å². The molecular formula is C23H28N4O5. The molecule has 9 heteroatoms. The van der Waals surface area contributed by atoms with Crippen LogP contribution >= 0.6 is 0 Å². The van der Waals surface area contributed by atoms with Gasteiger partial charge in [0.1, 0.15) is 6.61 Å². The van der Waals surface area contributed by atoms with Crippen molar-refractivity contribution in [3.05, 3.63) is 68.1 Å². The SMILES string of the molecule is CC(C)Cn1c(=O)n(C)c(=O)c2nc(CCCC(=O)OCc3ccccc3)c(CO)nc21. The Labute approximate surface area is 185 Å². The van der Waals surface area contributed by atoms with Gasteiger partial charge < -0.3 is 9.84 Å². The maximum absolute atomic E-state index is 12.7. The van der Waals surface area contributed by atoms with E-state index in [-0.39, 0.29) is 42.7 Å². The van der Waals surface area contributed by atoms with E-state index in [1.54, 1.807) is 0 Å². The lowest BCUT2D eigenvalue weighted by Gasteiger charge is -2.15. The average Bonchev–Trinajstić information content (AvgIpc) is 2.79. The number of rotatable bonds is 9. The Kier molecular flexibility index (Phi) is 7.53. The predicted molar refractivity (Wildman–Crippen MR) is 119 cm³/mol. The quantitative estimate of drug-likeness (QED) is 0.504. The number of esters is 1. The molecule has 0 saturated carbocycles. The molecule has 0 radical (unpaired) electrons. The second-order valence-electron chi connectivity index (χ2n) is 8.10. The molecule has 3 aromatic rings. The van der Waals surface area contributed by atoms with Gasteiger partial charge in [-0.05, 0) is 24.3 Å². The zero-order valence-electron chi connectivity index (χ0n) is 18.6. The fourth-order valence-corrected chi connectivity index (χ4v) is 3.41. The van der Waals surface area contributed by atoms with Gasteiger partial charge in [0.15, 0.2) is 11.2 Å². The predicted octanol–water partition coefficient (Wildman–Crippen LogP) is 1.70. The molecule has 0 fully saturated rings. The molecule has 0 spiro atoms. The van der Waals surface area contributed by atoms with E-state index < -0.39 is 11.2 Å². The maximum atomic E-state index is 12.7. The fourth-order valence-electron chi connectivity index (χ4n) is 3.41. The van der Waals surface area contributed by atoms with Crippen molar-refractivity contribution in [3.8, 4) is 0 Å². The molecule has 1 N–H and O–H groups in total. The monoisotopic (exact) mass is 440 g/mol. The Hall–Kier alpha value is -3.33. The van der Waals surface area contributed by atoms with Gasteiger partial charge in [0.25, 0.3) is 5.56 Å². The number of aryl methyl sites for hydroxylation is 1. The van der Waals surface area contributed by atoms with Gasteiger partial charge in [0, 0.05) is 20.0 Å². The van der Waals surface area contributed by atoms with Crippen molar-refractivity contribution in [2.45, 2.75) is 52.9 Å². The van der Waals surface area contributed by atoms with Crippen LogP contribution < -0.4 is 11.2 Å². The van der Waals surface area contributed by atoms with Crippen LogP contribution in [-0.2, 0) is 42.8 Å². The van der Waals surface area contributed by atoms with Gasteiger partial charge in [-0.3, -0.25) is 18.7 Å². The van der Waals surface area contributed by atoms with E-state index in [1.165, 1.54) is 11.6 Å². The lowest BCUT2D eigenvalue weighted by atomic mass is 10.1. The Morgan fingerprint density at radius 1 is 1.12 bits per heavy atom. The van der Waals surface area contributed by atoms with E-state index in [1.807, 2.05) is 44.2 Å². The van der Waals surface area contributed by atoms with E-state index in [2.05, 4.69) is 9.97 Å². The van der Waals surface area contributed by atoms with Crippen molar-refractivity contribution in [1.29, 1.82) is 0 Å². The molecule has 170 valence electrons. The molecule has 9 nitrogen and oxygen atoms in total. The smallest absolute Gasteiger partial charge is 0.332 e. The molecule has 2 aromatic heterocycles. The van der Waals surface area contributed by atoms with Crippen LogP contribution in [0.3, 0.4) is 0 Å². The normalized spacial score (nSPS) is 11.3. The Bertz CT molecular complexity index is 1220. The maximum Gasteiger partial charge on any atom is 0.332 e. The van der Waals surface area contributed by atoms with Gasteiger partial charge in [-0.2, -0.15) is 0 Å². The highest BCUT2D eigenvalue weighted by molar-refractivity contribution is 5.70. The molecular weight excluding hydrogens is 412 g/mol. The highest BCUT2D eigenvalue weighted by Gasteiger charge is 2.18. The van der Waals surface area contributed by atoms with Gasteiger partial charge in [-0.25, -0.2) is 14.8 Å². The molecule has 0 aliphatic heterocycles. The second-order valence-corrected chi connectivity index (χ2v) is 8.10. The van der Waals surface area contributed by atoms with Crippen LogP contribution in [0, 0.1) is 5.92 Å². The lowest BCUT2D eigenvalue weighted by molar-refractivity contribution is -0.145. The molecule has 0 aliphatic carbocycles. The molecule has 0 atom stereocenters. The summed E-state index contributed by atoms with van der Waals surface area (Å²) in [4.78, 5) is 46.1. The number of benzene rings is 1. The zero-order valence-corrected chi connectivity index (χ0v) is 18.6. The molecule has 1 aromatic carbocycles. The van der Waals surface area contributed by atoms with Gasteiger partial charge in [0.05, 0.1) is 18.0 Å². The fraction of sp³-hybridized carbons (Fsp3) is 0.435. The number of ether oxygens (including phenoxy) is 1. The van der Waals surface area contributed by atoms with Gasteiger partial charge in [-0.15, -0.1) is 0 Å². The summed E-state index contributed by atoms with van der Waals surface area (Å²) in [6.07, 6.45) is 0.931. The minimum Gasteiger partial charge on any atom is -0.461 e. The summed E-state index contributed by atoms with van der Waals surface area (Å²) in [5.74, 6) is -0.191. The Morgan fingerprint density at radius 2 is 1.84 bits per heavy atom. The van der Waals surface area contributed by atoms with Crippen LogP contribution in [0.15, 0.2) is 39.9 Å². The first-order valence-electron chi connectivity index (χ1n) is 10.6. The summed E-state index contributed by atoms with van der Waals surface area (Å²) >= 11 is 0. The first-order chi connectivity index (χ1) is 15.3. The van der Waals surface area contributed by atoms with Crippen molar-refractivity contribution in [3.63, 3.8) is 0 Å². The van der Waals surface area contributed by atoms with Crippen LogP contribution in [0.1, 0.15) is 43.6 Å². The molecule has 2 heterocycles. The van der Waals surface area contributed by atoms with Crippen LogP contribution in [0.4, 0.5) is 0 Å². The standard InChI is InChI=1S/C23H28N4O5/c1-15(2)12-27-21-20(22(30)26(3)23(27)31)24-17(18(13-28)25-21)10-7-11-19(29)32-14-16-8-5-4-6-9-16/h4-6,8-9,15,28H,7,10-14H2,1-3H3. The number of aliphatic hydroxyl groups is 1. The summed E-state index contributed by atoms with van der Waals surface area (Å²) in [5, 5.41) is 9.80. The van der Waals surface area contributed by atoms with E-state index in [0.717, 1.165) is 10.1 Å². The summed E-state index contributed by atoms with van der Waals surface area (Å²) in [6.45, 7) is 4.10. The minimum atomic E-state index is -0.537. The van der Waals surface area contributed by atoms with Gasteiger partial charge in [-0.1, -0.05) is 44.2 Å². The summed E-state index contributed by atoms with van der Waals surface area (Å²) < 4.78 is 7.71. The van der Waals surface area contributed by atoms with Crippen LogP contribution in [0.2, 0.25) is 0 Å². The lowest BCUT2D eigenvalue weighted by Crippen LogP contribution is -2.40. The van der Waals surface area contributed by atoms with Crippen molar-refractivity contribution < 1.29 is 14.6 Å². The number of hydrogen-bond donors (Lipinski definition) is 1. The number of aliphatic hydroxyl groups excluding tert-OH is 1. The third-order valence-electron chi connectivity index (χ3n) is 5.05. The number of aromatic nitrogens is 4. The number of nitrogens with zero attached hydrogens (tertiary/aromatic N) is 4.